The molecule has 2 amide bonds. The van der Waals surface area contributed by atoms with Crippen molar-refractivity contribution < 1.29 is 65.8 Å². The monoisotopic (exact) mass is 675 g/mol. The molecule has 0 spiro atoms. The number of aliphatic hydroxyl groups excluding tert-OH is 3. The molecule has 46 heavy (non-hydrogen) atoms. The van der Waals surface area contributed by atoms with Gasteiger partial charge in [0.25, 0.3) is 17.0 Å². The number of benzene rings is 2. The van der Waals surface area contributed by atoms with Gasteiger partial charge < -0.3 is 44.9 Å². The molecular formula is C28H26F5N3O9S. The molecule has 5 N–H and O–H groups in total. The molecule has 18 heteroatoms. The van der Waals surface area contributed by atoms with E-state index in [1.165, 1.54) is 19.2 Å². The molecular weight excluding hydrogens is 649 g/mol. The van der Waals surface area contributed by atoms with Crippen LogP contribution in [0.5, 0.6) is 22.4 Å². The first-order valence-corrected chi connectivity index (χ1v) is 14.3. The molecule has 2 atom stereocenters. The maximum absolute atomic E-state index is 13.9. The average molecular weight is 676 g/mol. The first kappa shape index (κ1) is 33.1. The Morgan fingerprint density at radius 1 is 1.15 bits per heavy atom. The van der Waals surface area contributed by atoms with E-state index in [0.717, 1.165) is 29.5 Å². The number of hydrogen-bond donors (Lipinski definition) is 5. The van der Waals surface area contributed by atoms with Gasteiger partial charge in [-0.25, -0.2) is 4.98 Å². The quantitative estimate of drug-likeness (QED) is 0.158. The number of thiazole rings is 1. The molecule has 1 aromatic heterocycles. The zero-order valence-electron chi connectivity index (χ0n) is 23.7. The molecule has 1 aliphatic heterocycles. The lowest BCUT2D eigenvalue weighted by molar-refractivity contribution is -0.286. The lowest BCUT2D eigenvalue weighted by atomic mass is 9.82. The second-order valence-corrected chi connectivity index (χ2v) is 11.4. The van der Waals surface area contributed by atoms with E-state index < -0.39 is 78.2 Å². The van der Waals surface area contributed by atoms with Gasteiger partial charge in [0.15, 0.2) is 11.5 Å². The van der Waals surface area contributed by atoms with Gasteiger partial charge in [0.2, 0.25) is 0 Å². The highest BCUT2D eigenvalue weighted by Gasteiger charge is 2.45. The van der Waals surface area contributed by atoms with Crippen LogP contribution in [-0.4, -0.2) is 83.2 Å². The zero-order valence-corrected chi connectivity index (χ0v) is 24.6. The van der Waals surface area contributed by atoms with Gasteiger partial charge in [0, 0.05) is 11.6 Å². The molecule has 248 valence electrons. The number of carbonyl (C=O) groups is 2. The number of amides is 2. The maximum atomic E-state index is 13.9. The van der Waals surface area contributed by atoms with Crippen LogP contribution in [0.15, 0.2) is 35.9 Å². The summed E-state index contributed by atoms with van der Waals surface area (Å²) in [5.41, 5.74) is -2.92. The van der Waals surface area contributed by atoms with E-state index in [4.69, 9.17) is 14.6 Å². The number of hydrogen-bond acceptors (Lipinski definition) is 11. The third-order valence-electron chi connectivity index (χ3n) is 7.25. The highest BCUT2D eigenvalue weighted by Crippen LogP contribution is 2.45. The predicted octanol–water partition coefficient (Wildman–Crippen LogP) is 3.74. The molecule has 0 radical (unpaired) electrons. The van der Waals surface area contributed by atoms with Gasteiger partial charge in [-0.3, -0.25) is 9.59 Å². The van der Waals surface area contributed by atoms with E-state index >= 15 is 0 Å². The topological polar surface area (TPSA) is 169 Å². The molecule has 2 aliphatic rings. The van der Waals surface area contributed by atoms with E-state index in [2.05, 4.69) is 25.1 Å². The number of methoxy groups -OCH3 is 1. The van der Waals surface area contributed by atoms with Crippen LogP contribution in [0.2, 0.25) is 0 Å². The summed E-state index contributed by atoms with van der Waals surface area (Å²) in [5.74, 6) is -2.92. The second kappa shape index (κ2) is 12.5. The van der Waals surface area contributed by atoms with Crippen molar-refractivity contribution in [2.75, 3.05) is 32.2 Å². The Labute approximate surface area is 260 Å². The lowest BCUT2D eigenvalue weighted by Gasteiger charge is -2.36. The Morgan fingerprint density at radius 2 is 1.87 bits per heavy atom. The van der Waals surface area contributed by atoms with Crippen LogP contribution < -0.4 is 29.6 Å². The van der Waals surface area contributed by atoms with E-state index in [9.17, 15) is 41.8 Å². The van der Waals surface area contributed by atoms with Crippen LogP contribution >= 0.6 is 11.3 Å². The van der Waals surface area contributed by atoms with Crippen LogP contribution in [0, 0.1) is 0 Å². The number of nitrogens with one attached hydrogen (secondary N) is 2. The summed E-state index contributed by atoms with van der Waals surface area (Å²) >= 11 is 0.899. The number of ether oxygens (including phenoxy) is 4. The number of aromatic nitrogens is 1. The lowest BCUT2D eigenvalue weighted by Crippen LogP contribution is -2.52. The fourth-order valence-electron chi connectivity index (χ4n) is 4.85. The van der Waals surface area contributed by atoms with Crippen molar-refractivity contribution in [2.24, 2.45) is 0 Å². The number of nitrogens with zero attached hydrogens (tertiary/aromatic N) is 1. The predicted molar refractivity (Wildman–Crippen MR) is 151 cm³/mol. The Kier molecular flexibility index (Phi) is 9.00. The highest BCUT2D eigenvalue weighted by atomic mass is 32.1. The smallest absolute Gasteiger partial charge is 0.496 e. The van der Waals surface area contributed by atoms with Gasteiger partial charge >= 0.3 is 12.5 Å². The Balaban J connectivity index is 1.49. The minimum Gasteiger partial charge on any atom is -0.496 e. The van der Waals surface area contributed by atoms with E-state index in [0.29, 0.717) is 0 Å². The van der Waals surface area contributed by atoms with Crippen LogP contribution in [0.4, 0.5) is 27.6 Å². The number of rotatable bonds is 10. The van der Waals surface area contributed by atoms with Crippen LogP contribution in [-0.2, 0) is 0 Å². The van der Waals surface area contributed by atoms with E-state index in [1.54, 1.807) is 0 Å². The standard InChI is InChI=1S/C28H26F5N3O9S/c1-42-18-3-2-16-22(46-25(35-16)43-11-14(39)10-37)21(18)24(41)34-17-9-20-19(44-28(32,33)45-20)8-15(17)23(40)36-26(12-38)6-4-13(5-7-26)27(29,30)31/h2-4,8-9,14,37-39H,5-7,10-12H2,1H3,(H,34,41)(H,36,40). The third-order valence-corrected chi connectivity index (χ3v) is 8.25. The van der Waals surface area contributed by atoms with Gasteiger partial charge in [0.05, 0.1) is 47.3 Å². The number of aliphatic hydroxyl groups is 3. The minimum atomic E-state index is -4.58. The summed E-state index contributed by atoms with van der Waals surface area (Å²) in [6.07, 6.45) is -10.1. The van der Waals surface area contributed by atoms with E-state index in [-0.39, 0.29) is 51.9 Å². The SMILES string of the molecule is COc1ccc2nc(OCC(O)CO)sc2c1C(=O)Nc1cc2c(cc1C(=O)NC1(CO)CC=C(C(F)(F)F)CC1)OC(F)(F)O2. The van der Waals surface area contributed by atoms with Crippen LogP contribution in [0.1, 0.15) is 40.0 Å². The average Bonchev–Trinajstić information content (AvgIpc) is 3.56. The van der Waals surface area contributed by atoms with Crippen LogP contribution in [0.25, 0.3) is 10.2 Å². The Hall–Kier alpha value is -4.26. The fourth-order valence-corrected chi connectivity index (χ4v) is 5.81. The summed E-state index contributed by atoms with van der Waals surface area (Å²) in [4.78, 5) is 31.5. The van der Waals surface area contributed by atoms with Gasteiger partial charge in [-0.15, -0.1) is 8.78 Å². The van der Waals surface area contributed by atoms with Gasteiger partial charge in [-0.2, -0.15) is 13.2 Å². The highest BCUT2D eigenvalue weighted by molar-refractivity contribution is 7.20. The second-order valence-electron chi connectivity index (χ2n) is 10.4. The summed E-state index contributed by atoms with van der Waals surface area (Å²) in [7, 11) is 1.28. The Morgan fingerprint density at radius 3 is 2.48 bits per heavy atom. The fraction of sp³-hybridized carbons (Fsp3) is 0.393. The first-order chi connectivity index (χ1) is 21.7. The molecule has 1 aliphatic carbocycles. The van der Waals surface area contributed by atoms with Crippen LogP contribution in [0.3, 0.4) is 0 Å². The van der Waals surface area contributed by atoms with Crippen molar-refractivity contribution >= 4 is 39.1 Å². The summed E-state index contributed by atoms with van der Waals surface area (Å²) in [6, 6.07) is 4.74. The molecule has 2 heterocycles. The normalized spacial score (nSPS) is 19.4. The molecule has 2 aromatic carbocycles. The molecule has 0 saturated heterocycles. The summed E-state index contributed by atoms with van der Waals surface area (Å²) < 4.78 is 87.3. The number of carbonyl (C=O) groups excluding carboxylic acids is 2. The number of alkyl halides is 5. The Bertz CT molecular complexity index is 1700. The van der Waals surface area contributed by atoms with Crippen molar-refractivity contribution in [1.29, 1.82) is 0 Å². The van der Waals surface area contributed by atoms with Crippen molar-refractivity contribution in [3.05, 3.63) is 47.0 Å². The molecule has 0 saturated carbocycles. The number of halogens is 5. The van der Waals surface area contributed by atoms with Gasteiger partial charge in [-0.05, 0) is 37.5 Å². The maximum Gasteiger partial charge on any atom is 0.586 e. The van der Waals surface area contributed by atoms with Gasteiger partial charge in [0.1, 0.15) is 24.0 Å². The summed E-state index contributed by atoms with van der Waals surface area (Å²) in [5, 5.41) is 33.7. The van der Waals surface area contributed by atoms with Crippen molar-refractivity contribution in [3.63, 3.8) is 0 Å². The summed E-state index contributed by atoms with van der Waals surface area (Å²) in [6.45, 7) is -1.60. The molecule has 3 aromatic rings. The minimum absolute atomic E-state index is 0.0414. The first-order valence-electron chi connectivity index (χ1n) is 13.5. The molecule has 0 bridgehead atoms. The molecule has 0 fully saturated rings. The molecule has 12 nitrogen and oxygen atoms in total. The van der Waals surface area contributed by atoms with Crippen molar-refractivity contribution in [1.82, 2.24) is 10.3 Å². The molecule has 2 unspecified atom stereocenters. The van der Waals surface area contributed by atoms with Crippen molar-refractivity contribution in [3.8, 4) is 22.4 Å². The molecule has 5 rings (SSSR count). The number of allylic oxidation sites excluding steroid dienone is 1. The van der Waals surface area contributed by atoms with Gasteiger partial charge in [-0.1, -0.05) is 17.4 Å². The number of anilines is 1. The number of fused-ring (bicyclic) bond motifs is 2. The largest absolute Gasteiger partial charge is 0.586 e. The third kappa shape index (κ3) is 6.79. The zero-order chi connectivity index (χ0) is 33.4. The van der Waals surface area contributed by atoms with E-state index in [1.807, 2.05) is 0 Å². The van der Waals surface area contributed by atoms with Crippen molar-refractivity contribution in [2.45, 2.75) is 43.4 Å².